The van der Waals surface area contributed by atoms with Crippen molar-refractivity contribution in [2.24, 2.45) is 0 Å². The fraction of sp³-hybridized carbons (Fsp3) is 0.833. The molecule has 0 aromatic heterocycles. The van der Waals surface area contributed by atoms with Crippen LogP contribution in [0.2, 0.25) is 0 Å². The first-order chi connectivity index (χ1) is 9.17. The van der Waals surface area contributed by atoms with E-state index >= 15 is 0 Å². The number of hydrogen-bond acceptors (Lipinski definition) is 8. The summed E-state index contributed by atoms with van der Waals surface area (Å²) >= 11 is 0. The van der Waals surface area contributed by atoms with Crippen molar-refractivity contribution in [2.75, 3.05) is 6.61 Å². The first kappa shape index (κ1) is 23.0. The van der Waals surface area contributed by atoms with Crippen LogP contribution in [0.1, 0.15) is 6.42 Å². The fourth-order valence-electron chi connectivity index (χ4n) is 0.841. The smallest absolute Gasteiger partial charge is 0.394 e. The van der Waals surface area contributed by atoms with Crippen molar-refractivity contribution in [3.8, 4) is 0 Å². The van der Waals surface area contributed by atoms with Crippen LogP contribution in [-0.2, 0) is 18.4 Å². The Hall–Kier alpha value is -0.270. The molecule has 0 aromatic rings. The average molecular weight is 358 g/mol. The molecule has 9 N–H and O–H groups in total. The normalized spacial score (nSPS) is 15.1. The van der Waals surface area contributed by atoms with Gasteiger partial charge in [-0.15, -0.1) is 0 Å². The molecule has 0 aliphatic heterocycles. The van der Waals surface area contributed by atoms with Gasteiger partial charge in [-0.2, -0.15) is 0 Å². The molecule has 0 radical (unpaired) electrons. The molecular weight excluding hydrogens is 342 g/mol. The molecule has 0 aromatic carbocycles. The van der Waals surface area contributed by atoms with Gasteiger partial charge in [0.25, 0.3) is 0 Å². The second-order valence-corrected chi connectivity index (χ2v) is 5.66. The zero-order chi connectivity index (χ0) is 17.4. The summed E-state index contributed by atoms with van der Waals surface area (Å²) in [7, 11) is -9.60. The molecule has 0 fully saturated rings. The van der Waals surface area contributed by atoms with E-state index in [1.54, 1.807) is 0 Å². The van der Waals surface area contributed by atoms with Crippen molar-refractivity contribution in [1.82, 2.24) is 0 Å². The highest BCUT2D eigenvalue weighted by molar-refractivity contribution is 7.46. The molecule has 13 nitrogen and oxygen atoms in total. The molecule has 0 aliphatic carbocycles. The number of phosphoric ester groups is 1. The second kappa shape index (κ2) is 9.69. The van der Waals surface area contributed by atoms with Gasteiger partial charge in [0.2, 0.25) is 6.29 Å². The van der Waals surface area contributed by atoms with Crippen molar-refractivity contribution in [3.63, 3.8) is 0 Å². The van der Waals surface area contributed by atoms with Crippen molar-refractivity contribution in [1.29, 1.82) is 0 Å². The Bertz CT molecular complexity index is 387. The van der Waals surface area contributed by atoms with Crippen LogP contribution < -0.4 is 0 Å². The van der Waals surface area contributed by atoms with E-state index < -0.39 is 53.0 Å². The topological polar surface area (TPSA) is 243 Å². The molecule has 0 saturated carbocycles. The van der Waals surface area contributed by atoms with E-state index in [1.807, 2.05) is 0 Å². The highest BCUT2D eigenvalue weighted by atomic mass is 31.2. The average Bonchev–Trinajstić information content (AvgIpc) is 2.22. The minimum Gasteiger partial charge on any atom is -0.394 e. The quantitative estimate of drug-likeness (QED) is 0.156. The monoisotopic (exact) mass is 358 g/mol. The van der Waals surface area contributed by atoms with Gasteiger partial charge in [0.15, 0.2) is 5.78 Å². The molecule has 0 rings (SSSR count). The van der Waals surface area contributed by atoms with Gasteiger partial charge >= 0.3 is 15.6 Å². The Morgan fingerprint density at radius 2 is 1.38 bits per heavy atom. The van der Waals surface area contributed by atoms with Gasteiger partial charge in [-0.3, -0.25) is 9.32 Å². The maximum Gasteiger partial charge on any atom is 0.469 e. The molecule has 0 amide bonds. The van der Waals surface area contributed by atoms with E-state index in [4.69, 9.17) is 49.5 Å². The highest BCUT2D eigenvalue weighted by Gasteiger charge is 2.31. The third-order valence-electron chi connectivity index (χ3n) is 1.58. The molecule has 0 heterocycles. The Labute approximate surface area is 117 Å². The summed E-state index contributed by atoms with van der Waals surface area (Å²) in [6.07, 6.45) is -6.64. The molecule has 0 bridgehead atoms. The lowest BCUT2D eigenvalue weighted by Crippen LogP contribution is -2.36. The van der Waals surface area contributed by atoms with E-state index in [2.05, 4.69) is 4.52 Å². The van der Waals surface area contributed by atoms with E-state index in [1.165, 1.54) is 0 Å². The van der Waals surface area contributed by atoms with Crippen LogP contribution in [0.5, 0.6) is 0 Å². The van der Waals surface area contributed by atoms with Gasteiger partial charge in [-0.05, 0) is 0 Å². The van der Waals surface area contributed by atoms with Crippen LogP contribution in [-0.4, -0.2) is 75.8 Å². The summed E-state index contributed by atoms with van der Waals surface area (Å²) in [5.74, 6) is -1.20. The minimum absolute atomic E-state index is 0.857. The molecule has 0 spiro atoms. The Morgan fingerprint density at radius 3 is 1.62 bits per heavy atom. The number of Topliss-reactive ketones (excluding diaryl/α,β-unsaturated/α-hetero) is 1. The molecule has 21 heavy (non-hydrogen) atoms. The fourth-order valence-corrected chi connectivity index (χ4v) is 1.41. The van der Waals surface area contributed by atoms with Gasteiger partial charge in [0, 0.05) is 6.42 Å². The summed E-state index contributed by atoms with van der Waals surface area (Å²) in [6, 6.07) is 0. The number of aliphatic hydroxyl groups excluding tert-OH is 3. The van der Waals surface area contributed by atoms with E-state index in [9.17, 15) is 9.36 Å². The highest BCUT2D eigenvalue weighted by Crippen LogP contribution is 2.39. The van der Waals surface area contributed by atoms with Crippen molar-refractivity contribution in [3.05, 3.63) is 0 Å². The van der Waals surface area contributed by atoms with E-state index in [0.29, 0.717) is 0 Å². The summed E-state index contributed by atoms with van der Waals surface area (Å²) in [5, 5.41) is 34.5. The van der Waals surface area contributed by atoms with Crippen molar-refractivity contribution >= 4 is 21.4 Å². The predicted molar refractivity (Wildman–Crippen MR) is 62.1 cm³/mol. The van der Waals surface area contributed by atoms with Crippen molar-refractivity contribution in [2.45, 2.75) is 24.9 Å². The van der Waals surface area contributed by atoms with Gasteiger partial charge in [-0.25, -0.2) is 9.13 Å². The molecule has 0 aliphatic rings. The van der Waals surface area contributed by atoms with Crippen LogP contribution in [0.25, 0.3) is 0 Å². The lowest BCUT2D eigenvalue weighted by Gasteiger charge is -2.21. The number of aliphatic hydroxyl groups is 4. The predicted octanol–water partition coefficient (Wildman–Crippen LogP) is -3.84. The number of hydrogen-bond donors (Lipinski definition) is 9. The van der Waals surface area contributed by atoms with Crippen LogP contribution in [0.3, 0.4) is 0 Å². The van der Waals surface area contributed by atoms with E-state index in [-0.39, 0.29) is 0 Å². The maximum atomic E-state index is 10.8. The number of carbonyl (C=O) groups excluding carboxylic acids is 1. The molecule has 15 heteroatoms. The number of phosphoric acid groups is 2. The first-order valence-electron chi connectivity index (χ1n) is 4.87. The van der Waals surface area contributed by atoms with Crippen LogP contribution >= 0.6 is 15.6 Å². The minimum atomic E-state index is -4.96. The number of ketones is 1. The molecule has 0 saturated heterocycles. The lowest BCUT2D eigenvalue weighted by molar-refractivity contribution is -0.148. The van der Waals surface area contributed by atoms with Gasteiger partial charge < -0.3 is 44.9 Å². The zero-order valence-corrected chi connectivity index (χ0v) is 12.0. The number of rotatable bonds is 7. The van der Waals surface area contributed by atoms with Crippen LogP contribution in [0.4, 0.5) is 0 Å². The largest absolute Gasteiger partial charge is 0.469 e. The Morgan fingerprint density at radius 1 is 1.00 bits per heavy atom. The summed E-state index contributed by atoms with van der Waals surface area (Å²) < 4.78 is 23.4. The molecule has 128 valence electrons. The van der Waals surface area contributed by atoms with E-state index in [0.717, 1.165) is 0 Å². The zero-order valence-electron chi connectivity index (χ0n) is 10.2. The standard InChI is InChI=1S/C6H13O9P.H3O4P/c7-2-4(9)5(15-16(12,13)14)1-3(8)6(10)11;1-5(2,3)4/h4-7,9-11H,1-2H2,(H2,12,13,14);(H3,1,2,3,4). The SMILES string of the molecule is O=C(CC(OP(=O)(O)O)C(O)CO)C(O)O.O=P(O)(O)O. The van der Waals surface area contributed by atoms with Gasteiger partial charge in [0.1, 0.15) is 12.2 Å². The summed E-state index contributed by atoms with van der Waals surface area (Å²) in [5.41, 5.74) is 0. The van der Waals surface area contributed by atoms with Gasteiger partial charge in [-0.1, -0.05) is 0 Å². The second-order valence-electron chi connectivity index (χ2n) is 3.44. The third kappa shape index (κ3) is 17.7. The maximum absolute atomic E-state index is 10.8. The third-order valence-corrected chi connectivity index (χ3v) is 2.12. The molecule has 2 atom stereocenters. The summed E-state index contributed by atoms with van der Waals surface area (Å²) in [4.78, 5) is 49.3. The van der Waals surface area contributed by atoms with Gasteiger partial charge in [0.05, 0.1) is 6.61 Å². The summed E-state index contributed by atoms with van der Waals surface area (Å²) in [6.45, 7) is -0.903. The first-order valence-corrected chi connectivity index (χ1v) is 7.97. The molecular formula is C6H16O13P2. The molecule has 2 unspecified atom stereocenters. The number of carbonyl (C=O) groups is 1. The lowest BCUT2D eigenvalue weighted by atomic mass is 10.1. The Balaban J connectivity index is 0. The Kier molecular flexibility index (Phi) is 10.6. The van der Waals surface area contributed by atoms with Crippen molar-refractivity contribution < 1.29 is 63.3 Å². The van der Waals surface area contributed by atoms with Crippen LogP contribution in [0.15, 0.2) is 0 Å². The van der Waals surface area contributed by atoms with Crippen LogP contribution in [0, 0.1) is 0 Å².